The summed E-state index contributed by atoms with van der Waals surface area (Å²) in [6, 6.07) is 9.80. The molecule has 25 heavy (non-hydrogen) atoms. The summed E-state index contributed by atoms with van der Waals surface area (Å²) < 4.78 is 16.0. The van der Waals surface area contributed by atoms with Crippen molar-refractivity contribution in [1.29, 1.82) is 0 Å². The van der Waals surface area contributed by atoms with Gasteiger partial charge in [0, 0.05) is 13.5 Å². The van der Waals surface area contributed by atoms with Gasteiger partial charge in [0.2, 0.25) is 0 Å². The third-order valence-corrected chi connectivity index (χ3v) is 4.05. The first-order chi connectivity index (χ1) is 12.0. The van der Waals surface area contributed by atoms with Crippen LogP contribution in [-0.2, 0) is 25.4 Å². The number of nitrogens with zero attached hydrogens (tertiary/aromatic N) is 1. The van der Waals surface area contributed by atoms with Crippen LogP contribution in [-0.4, -0.2) is 49.4 Å². The van der Waals surface area contributed by atoms with Crippen molar-refractivity contribution in [3.63, 3.8) is 0 Å². The summed E-state index contributed by atoms with van der Waals surface area (Å²) in [6.45, 7) is 4.31. The molecule has 0 aromatic heterocycles. The Kier molecular flexibility index (Phi) is 6.86. The van der Waals surface area contributed by atoms with E-state index in [1.165, 1.54) is 6.08 Å². The standard InChI is InChI=1S/C19H25NO5/c1-4-23-15(13-18(21)24-5-2)12-17-16(20(3)19(22)25-17)11-14-9-7-6-8-10-14/h6-10,13,16-17H,4-5,11-12H2,1-3H3/b15-13-/t16-,17+/m1/s1. The number of cyclic esters (lactones) is 1. The molecule has 1 aliphatic rings. The van der Waals surface area contributed by atoms with Crippen LogP contribution in [0.2, 0.25) is 0 Å². The van der Waals surface area contributed by atoms with Gasteiger partial charge in [-0.1, -0.05) is 30.3 Å². The Bertz CT molecular complexity index is 614. The van der Waals surface area contributed by atoms with Gasteiger partial charge in [0.15, 0.2) is 0 Å². The van der Waals surface area contributed by atoms with Gasteiger partial charge in [-0.3, -0.25) is 0 Å². The van der Waals surface area contributed by atoms with Crippen molar-refractivity contribution in [3.8, 4) is 0 Å². The second kappa shape index (κ2) is 9.11. The van der Waals surface area contributed by atoms with Crippen molar-refractivity contribution in [1.82, 2.24) is 4.90 Å². The summed E-state index contributed by atoms with van der Waals surface area (Å²) in [5.41, 5.74) is 1.12. The molecule has 6 nitrogen and oxygen atoms in total. The van der Waals surface area contributed by atoms with E-state index in [0.717, 1.165) is 5.56 Å². The highest BCUT2D eigenvalue weighted by Gasteiger charge is 2.40. The lowest BCUT2D eigenvalue weighted by Gasteiger charge is -2.22. The van der Waals surface area contributed by atoms with E-state index in [2.05, 4.69) is 0 Å². The summed E-state index contributed by atoms with van der Waals surface area (Å²) in [5.74, 6) is 0.00958. The molecule has 0 spiro atoms. The Hall–Kier alpha value is -2.50. The number of likely N-dealkylation sites (N-methyl/N-ethyl adjacent to an activating group) is 1. The van der Waals surface area contributed by atoms with Crippen LogP contribution in [0, 0.1) is 0 Å². The molecule has 0 radical (unpaired) electrons. The van der Waals surface area contributed by atoms with E-state index in [4.69, 9.17) is 14.2 Å². The first-order valence-electron chi connectivity index (χ1n) is 8.52. The van der Waals surface area contributed by atoms with Gasteiger partial charge in [0.05, 0.1) is 25.3 Å². The largest absolute Gasteiger partial charge is 0.498 e. The molecule has 136 valence electrons. The third kappa shape index (κ3) is 5.24. The second-order valence-electron chi connectivity index (χ2n) is 5.79. The number of carbonyl (C=O) groups is 2. The molecule has 1 fully saturated rings. The van der Waals surface area contributed by atoms with Crippen LogP contribution >= 0.6 is 0 Å². The number of hydrogen-bond acceptors (Lipinski definition) is 5. The molecule has 0 bridgehead atoms. The van der Waals surface area contributed by atoms with Gasteiger partial charge in [-0.15, -0.1) is 0 Å². The first-order valence-corrected chi connectivity index (χ1v) is 8.52. The van der Waals surface area contributed by atoms with Crippen LogP contribution in [0.15, 0.2) is 42.2 Å². The third-order valence-electron chi connectivity index (χ3n) is 4.05. The average Bonchev–Trinajstić information content (AvgIpc) is 2.84. The number of esters is 1. The van der Waals surface area contributed by atoms with Crippen LogP contribution < -0.4 is 0 Å². The normalized spacial score (nSPS) is 20.4. The Morgan fingerprint density at radius 3 is 2.52 bits per heavy atom. The monoisotopic (exact) mass is 347 g/mol. The van der Waals surface area contributed by atoms with Crippen molar-refractivity contribution < 1.29 is 23.8 Å². The quantitative estimate of drug-likeness (QED) is 0.411. The maximum absolute atomic E-state index is 12.0. The SMILES string of the molecule is CCOC(=O)/C=C(/C[C@@H]1OC(=O)N(C)[C@@H]1Cc1ccccc1)OCC. The van der Waals surface area contributed by atoms with Crippen LogP contribution in [0.25, 0.3) is 0 Å². The van der Waals surface area contributed by atoms with E-state index >= 15 is 0 Å². The van der Waals surface area contributed by atoms with Crippen molar-refractivity contribution in [2.75, 3.05) is 20.3 Å². The summed E-state index contributed by atoms with van der Waals surface area (Å²) in [5, 5.41) is 0. The molecule has 1 heterocycles. The Morgan fingerprint density at radius 1 is 1.20 bits per heavy atom. The van der Waals surface area contributed by atoms with Crippen LogP contribution in [0.1, 0.15) is 25.8 Å². The van der Waals surface area contributed by atoms with E-state index in [9.17, 15) is 9.59 Å². The van der Waals surface area contributed by atoms with Gasteiger partial charge in [0.1, 0.15) is 11.9 Å². The van der Waals surface area contributed by atoms with Crippen LogP contribution in [0.3, 0.4) is 0 Å². The molecular weight excluding hydrogens is 322 g/mol. The first kappa shape index (κ1) is 18.8. The fourth-order valence-corrected chi connectivity index (χ4v) is 2.84. The molecule has 0 N–H and O–H groups in total. The summed E-state index contributed by atoms with van der Waals surface area (Å²) in [4.78, 5) is 25.3. The highest BCUT2D eigenvalue weighted by Crippen LogP contribution is 2.26. The number of benzene rings is 1. The predicted molar refractivity (Wildman–Crippen MR) is 92.9 cm³/mol. The predicted octanol–water partition coefficient (Wildman–Crippen LogP) is 2.92. The van der Waals surface area contributed by atoms with Crippen molar-refractivity contribution in [3.05, 3.63) is 47.7 Å². The molecule has 1 amide bonds. The molecule has 2 rings (SSSR count). The van der Waals surface area contributed by atoms with Crippen molar-refractivity contribution in [2.24, 2.45) is 0 Å². The van der Waals surface area contributed by atoms with Gasteiger partial charge >= 0.3 is 12.1 Å². The van der Waals surface area contributed by atoms with E-state index in [-0.39, 0.29) is 18.2 Å². The molecule has 1 aromatic rings. The van der Waals surface area contributed by atoms with E-state index < -0.39 is 5.97 Å². The smallest absolute Gasteiger partial charge is 0.410 e. The van der Waals surface area contributed by atoms with Crippen LogP contribution in [0.4, 0.5) is 4.79 Å². The Balaban J connectivity index is 2.13. The minimum Gasteiger partial charge on any atom is -0.498 e. The lowest BCUT2D eigenvalue weighted by atomic mass is 9.98. The molecule has 1 aliphatic heterocycles. The molecule has 0 saturated carbocycles. The number of carbonyl (C=O) groups excluding carboxylic acids is 2. The topological polar surface area (TPSA) is 65.1 Å². The van der Waals surface area contributed by atoms with Gasteiger partial charge in [-0.25, -0.2) is 9.59 Å². The maximum atomic E-state index is 12.0. The fourth-order valence-electron chi connectivity index (χ4n) is 2.84. The second-order valence-corrected chi connectivity index (χ2v) is 5.79. The minimum atomic E-state index is -0.455. The lowest BCUT2D eigenvalue weighted by Crippen LogP contribution is -2.35. The maximum Gasteiger partial charge on any atom is 0.410 e. The summed E-state index contributed by atoms with van der Waals surface area (Å²) in [7, 11) is 1.73. The highest BCUT2D eigenvalue weighted by atomic mass is 16.6. The molecule has 1 aromatic carbocycles. The van der Waals surface area contributed by atoms with E-state index in [1.807, 2.05) is 37.3 Å². The van der Waals surface area contributed by atoms with Crippen molar-refractivity contribution in [2.45, 2.75) is 38.8 Å². The zero-order valence-corrected chi connectivity index (χ0v) is 14.9. The van der Waals surface area contributed by atoms with Crippen LogP contribution in [0.5, 0.6) is 0 Å². The Morgan fingerprint density at radius 2 is 1.88 bits per heavy atom. The van der Waals surface area contributed by atoms with Gasteiger partial charge in [-0.05, 0) is 25.8 Å². The molecule has 0 unspecified atom stereocenters. The molecule has 6 heteroatoms. The Labute approximate surface area is 148 Å². The highest BCUT2D eigenvalue weighted by molar-refractivity contribution is 5.82. The van der Waals surface area contributed by atoms with E-state index in [1.54, 1.807) is 18.9 Å². The zero-order valence-electron chi connectivity index (χ0n) is 14.9. The lowest BCUT2D eigenvalue weighted by molar-refractivity contribution is -0.137. The van der Waals surface area contributed by atoms with Gasteiger partial charge in [0.25, 0.3) is 0 Å². The van der Waals surface area contributed by atoms with Gasteiger partial charge in [-0.2, -0.15) is 0 Å². The summed E-state index contributed by atoms with van der Waals surface area (Å²) in [6.07, 6.45) is 1.59. The summed E-state index contributed by atoms with van der Waals surface area (Å²) >= 11 is 0. The fraction of sp³-hybridized carbons (Fsp3) is 0.474. The van der Waals surface area contributed by atoms with Gasteiger partial charge < -0.3 is 19.1 Å². The molecule has 2 atom stereocenters. The van der Waals surface area contributed by atoms with E-state index in [0.29, 0.717) is 31.8 Å². The number of rotatable bonds is 8. The van der Waals surface area contributed by atoms with Crippen molar-refractivity contribution >= 4 is 12.1 Å². The number of ether oxygens (including phenoxy) is 3. The molecule has 1 saturated heterocycles. The number of hydrogen-bond donors (Lipinski definition) is 0. The average molecular weight is 347 g/mol. The number of amides is 1. The zero-order chi connectivity index (χ0) is 18.2. The minimum absolute atomic E-state index is 0.124. The molecule has 0 aliphatic carbocycles. The molecular formula is C19H25NO5.